The summed E-state index contributed by atoms with van der Waals surface area (Å²) in [5.74, 6) is -2.21. The molecule has 2 unspecified atom stereocenters. The largest absolute Gasteiger partial charge is 0.479 e. The second-order valence-electron chi connectivity index (χ2n) is 3.95. The van der Waals surface area contributed by atoms with Gasteiger partial charge in [0.25, 0.3) is 0 Å². The molecule has 4 N–H and O–H groups in total. The van der Waals surface area contributed by atoms with Crippen molar-refractivity contribution < 1.29 is 34.8 Å². The molecule has 0 spiro atoms. The highest BCUT2D eigenvalue weighted by atomic mass is 16.6. The number of ether oxygens (including phenoxy) is 1. The van der Waals surface area contributed by atoms with Gasteiger partial charge in [-0.15, -0.1) is 0 Å². The van der Waals surface area contributed by atoms with Crippen LogP contribution in [0.3, 0.4) is 0 Å². The number of aliphatic carboxylic acids is 1. The van der Waals surface area contributed by atoms with Gasteiger partial charge in [-0.3, -0.25) is 4.79 Å². The predicted molar refractivity (Wildman–Crippen MR) is 49.4 cm³/mol. The monoisotopic (exact) mass is 234 g/mol. The maximum absolute atomic E-state index is 10.7. The molecule has 1 aliphatic carbocycles. The molecule has 92 valence electrons. The summed E-state index contributed by atoms with van der Waals surface area (Å²) in [4.78, 5) is 21.4. The topological polar surface area (TPSA) is 124 Å². The van der Waals surface area contributed by atoms with Crippen LogP contribution in [-0.4, -0.2) is 56.3 Å². The van der Waals surface area contributed by atoms with E-state index in [2.05, 4.69) is 4.74 Å². The summed E-state index contributed by atoms with van der Waals surface area (Å²) in [6, 6.07) is 0. The van der Waals surface area contributed by atoms with Crippen LogP contribution in [0.1, 0.15) is 19.8 Å². The predicted octanol–water partition coefficient (Wildman–Crippen LogP) is -1.75. The van der Waals surface area contributed by atoms with E-state index in [1.807, 2.05) is 0 Å². The number of hydrogen-bond acceptors (Lipinski definition) is 6. The van der Waals surface area contributed by atoms with E-state index < -0.39 is 48.7 Å². The molecule has 0 heterocycles. The third-order valence-electron chi connectivity index (χ3n) is 2.55. The SMILES string of the molecule is CC(=O)OC1C(O)CC(O)(C(=O)O)CC1O. The zero-order chi connectivity index (χ0) is 12.5. The number of aliphatic hydroxyl groups excluding tert-OH is 2. The number of hydrogen-bond donors (Lipinski definition) is 4. The first-order valence-electron chi connectivity index (χ1n) is 4.75. The minimum absolute atomic E-state index is 0.489. The van der Waals surface area contributed by atoms with Crippen LogP contribution in [0.25, 0.3) is 0 Å². The zero-order valence-electron chi connectivity index (χ0n) is 8.66. The highest BCUT2D eigenvalue weighted by Crippen LogP contribution is 2.31. The Kier molecular flexibility index (Phi) is 3.51. The summed E-state index contributed by atoms with van der Waals surface area (Å²) in [5, 5.41) is 37.3. The van der Waals surface area contributed by atoms with E-state index >= 15 is 0 Å². The molecule has 7 nitrogen and oxygen atoms in total. The summed E-state index contributed by atoms with van der Waals surface area (Å²) < 4.78 is 4.65. The van der Waals surface area contributed by atoms with Crippen LogP contribution < -0.4 is 0 Å². The van der Waals surface area contributed by atoms with Crippen molar-refractivity contribution in [3.05, 3.63) is 0 Å². The maximum atomic E-state index is 10.7. The Balaban J connectivity index is 2.78. The molecule has 0 radical (unpaired) electrons. The van der Waals surface area contributed by atoms with Crippen LogP contribution in [0, 0.1) is 0 Å². The van der Waals surface area contributed by atoms with Crippen LogP contribution in [0.15, 0.2) is 0 Å². The number of esters is 1. The fraction of sp³-hybridized carbons (Fsp3) is 0.778. The Labute approximate surface area is 91.3 Å². The molecule has 0 bridgehead atoms. The average molecular weight is 234 g/mol. The van der Waals surface area contributed by atoms with Gasteiger partial charge >= 0.3 is 11.9 Å². The molecule has 0 aromatic carbocycles. The molecule has 1 aliphatic rings. The summed E-state index contributed by atoms with van der Waals surface area (Å²) in [7, 11) is 0. The van der Waals surface area contributed by atoms with Gasteiger partial charge in [0.2, 0.25) is 0 Å². The lowest BCUT2D eigenvalue weighted by molar-refractivity contribution is -0.197. The van der Waals surface area contributed by atoms with E-state index in [0.29, 0.717) is 0 Å². The molecule has 2 atom stereocenters. The summed E-state index contributed by atoms with van der Waals surface area (Å²) in [6.45, 7) is 1.11. The lowest BCUT2D eigenvalue weighted by atomic mass is 9.79. The molecular weight excluding hydrogens is 220 g/mol. The van der Waals surface area contributed by atoms with Gasteiger partial charge in [0.15, 0.2) is 11.7 Å². The molecule has 16 heavy (non-hydrogen) atoms. The van der Waals surface area contributed by atoms with Crippen molar-refractivity contribution >= 4 is 11.9 Å². The summed E-state index contributed by atoms with van der Waals surface area (Å²) in [6.07, 6.45) is -4.99. The van der Waals surface area contributed by atoms with E-state index in [0.717, 1.165) is 6.92 Å². The Morgan fingerprint density at radius 2 is 1.69 bits per heavy atom. The van der Waals surface area contributed by atoms with Crippen LogP contribution in [0.5, 0.6) is 0 Å². The number of carbonyl (C=O) groups excluding carboxylic acids is 1. The van der Waals surface area contributed by atoms with E-state index in [-0.39, 0.29) is 0 Å². The van der Waals surface area contributed by atoms with E-state index in [9.17, 15) is 24.9 Å². The van der Waals surface area contributed by atoms with Gasteiger partial charge in [0.1, 0.15) is 0 Å². The number of rotatable bonds is 2. The Morgan fingerprint density at radius 1 is 1.25 bits per heavy atom. The van der Waals surface area contributed by atoms with E-state index in [1.165, 1.54) is 0 Å². The molecular formula is C9H14O7. The van der Waals surface area contributed by atoms with Crippen molar-refractivity contribution in [1.82, 2.24) is 0 Å². The van der Waals surface area contributed by atoms with Gasteiger partial charge in [0.05, 0.1) is 12.2 Å². The van der Waals surface area contributed by atoms with Crippen LogP contribution >= 0.6 is 0 Å². The lowest BCUT2D eigenvalue weighted by Gasteiger charge is -2.39. The molecule has 0 aromatic rings. The smallest absolute Gasteiger partial charge is 0.335 e. The van der Waals surface area contributed by atoms with Crippen LogP contribution in [0.4, 0.5) is 0 Å². The van der Waals surface area contributed by atoms with E-state index in [1.54, 1.807) is 0 Å². The number of carboxylic acid groups (broad SMARTS) is 1. The second-order valence-corrected chi connectivity index (χ2v) is 3.95. The zero-order valence-corrected chi connectivity index (χ0v) is 8.66. The quantitative estimate of drug-likeness (QED) is 0.417. The first-order valence-corrected chi connectivity index (χ1v) is 4.75. The number of carbonyl (C=O) groups is 2. The first-order chi connectivity index (χ1) is 7.26. The van der Waals surface area contributed by atoms with Gasteiger partial charge in [-0.2, -0.15) is 0 Å². The van der Waals surface area contributed by atoms with E-state index in [4.69, 9.17) is 5.11 Å². The Bertz CT molecular complexity index is 288. The maximum Gasteiger partial charge on any atom is 0.335 e. The third kappa shape index (κ3) is 2.49. The van der Waals surface area contributed by atoms with Crippen molar-refractivity contribution in [3.8, 4) is 0 Å². The number of carboxylic acids is 1. The molecule has 7 heteroatoms. The normalized spacial score (nSPS) is 39.1. The molecule has 0 amide bonds. The fourth-order valence-corrected chi connectivity index (χ4v) is 1.79. The third-order valence-corrected chi connectivity index (χ3v) is 2.55. The van der Waals surface area contributed by atoms with Crippen molar-refractivity contribution in [3.63, 3.8) is 0 Å². The highest BCUT2D eigenvalue weighted by molar-refractivity contribution is 5.77. The van der Waals surface area contributed by atoms with Gasteiger partial charge in [-0.25, -0.2) is 4.79 Å². The summed E-state index contributed by atoms with van der Waals surface area (Å²) >= 11 is 0. The van der Waals surface area contributed by atoms with Gasteiger partial charge in [-0.1, -0.05) is 0 Å². The Hall–Kier alpha value is -1.18. The molecule has 1 rings (SSSR count). The Morgan fingerprint density at radius 3 is 2.00 bits per heavy atom. The summed E-state index contributed by atoms with van der Waals surface area (Å²) in [5.41, 5.74) is -2.19. The standard InChI is InChI=1S/C9H14O7/c1-4(10)16-7-5(11)2-9(15,8(13)14)3-6(7)12/h5-7,11-12,15H,2-3H2,1H3,(H,13,14). The highest BCUT2D eigenvalue weighted by Gasteiger charge is 2.50. The number of aliphatic hydroxyl groups is 3. The van der Waals surface area contributed by atoms with Crippen LogP contribution in [-0.2, 0) is 14.3 Å². The lowest BCUT2D eigenvalue weighted by Crippen LogP contribution is -2.57. The first kappa shape index (κ1) is 12.9. The van der Waals surface area contributed by atoms with Crippen molar-refractivity contribution in [1.29, 1.82) is 0 Å². The molecule has 0 saturated heterocycles. The van der Waals surface area contributed by atoms with Crippen molar-refractivity contribution in [2.45, 2.75) is 43.7 Å². The van der Waals surface area contributed by atoms with Crippen LogP contribution in [0.2, 0.25) is 0 Å². The molecule has 1 saturated carbocycles. The second kappa shape index (κ2) is 4.36. The van der Waals surface area contributed by atoms with Gasteiger partial charge in [0, 0.05) is 19.8 Å². The van der Waals surface area contributed by atoms with Gasteiger partial charge in [-0.05, 0) is 0 Å². The minimum Gasteiger partial charge on any atom is -0.479 e. The van der Waals surface area contributed by atoms with Crippen molar-refractivity contribution in [2.75, 3.05) is 0 Å². The van der Waals surface area contributed by atoms with Gasteiger partial charge < -0.3 is 25.2 Å². The average Bonchev–Trinajstić information content (AvgIpc) is 2.10. The molecule has 0 aliphatic heterocycles. The minimum atomic E-state index is -2.19. The molecule has 1 fully saturated rings. The fourth-order valence-electron chi connectivity index (χ4n) is 1.79. The molecule has 0 aromatic heterocycles. The van der Waals surface area contributed by atoms with Crippen molar-refractivity contribution in [2.24, 2.45) is 0 Å².